The number of rotatable bonds is 18. The van der Waals surface area contributed by atoms with Crippen molar-refractivity contribution >= 4 is 47.5 Å². The summed E-state index contributed by atoms with van der Waals surface area (Å²) in [6.45, 7) is -0.663. The summed E-state index contributed by atoms with van der Waals surface area (Å²) in [6.07, 6.45) is -1.44. The van der Waals surface area contributed by atoms with Crippen molar-refractivity contribution in [2.24, 2.45) is 5.73 Å². The second-order valence-electron chi connectivity index (χ2n) is 13.8. The Kier molecular flexibility index (Phi) is 13.1. The molecule has 62 heavy (non-hydrogen) atoms. The van der Waals surface area contributed by atoms with Crippen LogP contribution in [0.5, 0.6) is 17.2 Å². The number of nitrogens with one attached hydrogen (secondary N) is 1. The minimum Gasteiger partial charge on any atom is -0.497 e. The Hall–Kier alpha value is -6.45. The van der Waals surface area contributed by atoms with Crippen molar-refractivity contribution in [3.05, 3.63) is 125 Å². The molecule has 2 aromatic heterocycles. The standard InChI is InChI=1S/C42H42N8O9S3/c1-57-30-13-7-27(8-14-30)24-49(25-28-9-15-31(58-2)16-10-28)62(55,56)40-36(61(53,54)22-21-44-42(51)52)20-19-33(34-5-4-6-35-39(34)45-37(23-43)60-35)38(40)41-46-48-50(47-41)26-29-11-17-32(59-3)18-12-29/h4-20,44H,21-26,43H2,1-3H3,(H,51,52). The summed E-state index contributed by atoms with van der Waals surface area (Å²) in [5, 5.41) is 25.4. The maximum Gasteiger partial charge on any atom is 0.404 e. The smallest absolute Gasteiger partial charge is 0.404 e. The molecule has 2 heterocycles. The van der Waals surface area contributed by atoms with Gasteiger partial charge in [0.15, 0.2) is 9.84 Å². The zero-order valence-electron chi connectivity index (χ0n) is 33.8. The SMILES string of the molecule is COc1ccc(CN(Cc2ccc(OC)cc2)S(=O)(=O)c2c(S(=O)(=O)CCNC(=O)O)ccc(-c3cccc4sc(CN)nc34)c2-c2nnn(Cc3ccc(OC)cc3)n2)cc1. The van der Waals surface area contributed by atoms with Gasteiger partial charge in [0.1, 0.15) is 27.2 Å². The fraction of sp³-hybridized carbons (Fsp3) is 0.214. The molecule has 5 aromatic carbocycles. The van der Waals surface area contributed by atoms with E-state index < -0.39 is 48.0 Å². The van der Waals surface area contributed by atoms with E-state index in [2.05, 4.69) is 20.7 Å². The number of benzene rings is 5. The number of fused-ring (bicyclic) bond motifs is 1. The molecule has 0 saturated heterocycles. The quantitative estimate of drug-likeness (QED) is 0.0955. The number of sulfonamides is 1. The minimum atomic E-state index is -4.92. The molecule has 0 radical (unpaired) electrons. The largest absolute Gasteiger partial charge is 0.497 e. The molecule has 4 N–H and O–H groups in total. The number of nitrogens with zero attached hydrogens (tertiary/aromatic N) is 6. The number of carbonyl (C=O) groups is 1. The number of amides is 1. The normalized spacial score (nSPS) is 11.8. The Bertz CT molecular complexity index is 2870. The lowest BCUT2D eigenvalue weighted by Gasteiger charge is -2.26. The fourth-order valence-electron chi connectivity index (χ4n) is 6.74. The lowest BCUT2D eigenvalue weighted by Crippen LogP contribution is -2.33. The Morgan fingerprint density at radius 2 is 1.37 bits per heavy atom. The third kappa shape index (κ3) is 9.53. The van der Waals surface area contributed by atoms with Crippen LogP contribution in [0.15, 0.2) is 113 Å². The van der Waals surface area contributed by atoms with Gasteiger partial charge in [-0.1, -0.05) is 54.6 Å². The van der Waals surface area contributed by atoms with E-state index in [1.807, 2.05) is 18.2 Å². The lowest BCUT2D eigenvalue weighted by atomic mass is 9.98. The zero-order chi connectivity index (χ0) is 44.0. The topological polar surface area (TPSA) is 231 Å². The van der Waals surface area contributed by atoms with Crippen molar-refractivity contribution in [2.45, 2.75) is 36.0 Å². The van der Waals surface area contributed by atoms with Crippen molar-refractivity contribution in [1.29, 1.82) is 0 Å². The molecule has 0 bridgehead atoms. The molecule has 0 unspecified atom stereocenters. The molecular formula is C42H42N8O9S3. The van der Waals surface area contributed by atoms with E-state index in [-0.39, 0.29) is 43.1 Å². The molecule has 7 rings (SSSR count). The number of methoxy groups -OCH3 is 3. The van der Waals surface area contributed by atoms with Crippen LogP contribution >= 0.6 is 11.3 Å². The molecule has 0 atom stereocenters. The highest BCUT2D eigenvalue weighted by atomic mass is 32.2. The van der Waals surface area contributed by atoms with Crippen molar-refractivity contribution < 1.29 is 40.9 Å². The first-order chi connectivity index (χ1) is 29.8. The Morgan fingerprint density at radius 1 is 0.790 bits per heavy atom. The van der Waals surface area contributed by atoms with Gasteiger partial charge in [-0.25, -0.2) is 26.6 Å². The number of nitrogens with two attached hydrogens (primary N) is 1. The number of ether oxygens (including phenoxy) is 3. The van der Waals surface area contributed by atoms with E-state index in [0.29, 0.717) is 44.5 Å². The first-order valence-corrected chi connectivity index (χ1v) is 22.9. The van der Waals surface area contributed by atoms with Crippen LogP contribution in [0.2, 0.25) is 0 Å². The van der Waals surface area contributed by atoms with Crippen LogP contribution in [0.25, 0.3) is 32.7 Å². The number of thiazole rings is 1. The summed E-state index contributed by atoms with van der Waals surface area (Å²) in [7, 11) is -4.91. The number of tetrazole rings is 1. The second kappa shape index (κ2) is 18.7. The number of para-hydroxylation sites is 1. The van der Waals surface area contributed by atoms with Gasteiger partial charge in [-0.2, -0.15) is 9.10 Å². The highest BCUT2D eigenvalue weighted by Crippen LogP contribution is 2.44. The first-order valence-electron chi connectivity index (χ1n) is 19.0. The fourth-order valence-corrected chi connectivity index (χ4v) is 11.2. The molecule has 17 nitrogen and oxygen atoms in total. The summed E-state index contributed by atoms with van der Waals surface area (Å²) in [6, 6.07) is 28.9. The Labute approximate surface area is 361 Å². The van der Waals surface area contributed by atoms with Gasteiger partial charge in [0.25, 0.3) is 0 Å². The van der Waals surface area contributed by atoms with E-state index in [1.165, 1.54) is 46.8 Å². The summed E-state index contributed by atoms with van der Waals surface area (Å²) in [5.41, 5.74) is 8.99. The first kappa shape index (κ1) is 43.6. The molecule has 7 aromatic rings. The van der Waals surface area contributed by atoms with Gasteiger partial charge in [-0.05, 0) is 76.0 Å². The molecule has 0 saturated carbocycles. The highest BCUT2D eigenvalue weighted by molar-refractivity contribution is 7.93. The van der Waals surface area contributed by atoms with Gasteiger partial charge in [0.2, 0.25) is 15.8 Å². The van der Waals surface area contributed by atoms with Crippen molar-refractivity contribution in [2.75, 3.05) is 33.6 Å². The maximum atomic E-state index is 15.9. The molecule has 0 aliphatic rings. The van der Waals surface area contributed by atoms with Crippen molar-refractivity contribution in [1.82, 2.24) is 34.8 Å². The number of carboxylic acid groups (broad SMARTS) is 1. The van der Waals surface area contributed by atoms with Crippen LogP contribution in [0.1, 0.15) is 21.7 Å². The van der Waals surface area contributed by atoms with Crippen LogP contribution in [0.4, 0.5) is 4.79 Å². The van der Waals surface area contributed by atoms with Gasteiger partial charge in [-0.15, -0.1) is 21.5 Å². The zero-order valence-corrected chi connectivity index (χ0v) is 36.2. The summed E-state index contributed by atoms with van der Waals surface area (Å²) < 4.78 is 78.7. The summed E-state index contributed by atoms with van der Waals surface area (Å²) in [5.74, 6) is 0.785. The average molecular weight is 899 g/mol. The monoisotopic (exact) mass is 898 g/mol. The van der Waals surface area contributed by atoms with Gasteiger partial charge in [0.05, 0.1) is 54.3 Å². The summed E-state index contributed by atoms with van der Waals surface area (Å²) in [4.78, 5) is 16.3. The third-order valence-electron chi connectivity index (χ3n) is 9.83. The van der Waals surface area contributed by atoms with Crippen LogP contribution in [-0.2, 0) is 46.0 Å². The molecule has 0 aliphatic carbocycles. The van der Waals surface area contributed by atoms with E-state index in [1.54, 1.807) is 79.9 Å². The number of hydrogen-bond acceptors (Lipinski definition) is 14. The molecule has 0 spiro atoms. The van der Waals surface area contributed by atoms with Crippen molar-refractivity contribution in [3.63, 3.8) is 0 Å². The summed E-state index contributed by atoms with van der Waals surface area (Å²) >= 11 is 1.37. The van der Waals surface area contributed by atoms with Crippen LogP contribution < -0.4 is 25.3 Å². The van der Waals surface area contributed by atoms with E-state index in [0.717, 1.165) is 10.3 Å². The molecule has 0 fully saturated rings. The maximum absolute atomic E-state index is 15.9. The van der Waals surface area contributed by atoms with Gasteiger partial charge in [0, 0.05) is 31.7 Å². The third-order valence-corrected chi connectivity index (χ3v) is 14.6. The van der Waals surface area contributed by atoms with Gasteiger partial charge < -0.3 is 30.4 Å². The molecule has 0 aliphatic heterocycles. The Morgan fingerprint density at radius 3 is 1.92 bits per heavy atom. The highest BCUT2D eigenvalue weighted by Gasteiger charge is 2.38. The van der Waals surface area contributed by atoms with Gasteiger partial charge in [-0.3, -0.25) is 0 Å². The Balaban J connectivity index is 1.51. The molecular weight excluding hydrogens is 857 g/mol. The number of sulfone groups is 1. The molecule has 20 heteroatoms. The lowest BCUT2D eigenvalue weighted by molar-refractivity contribution is 0.195. The van der Waals surface area contributed by atoms with Gasteiger partial charge >= 0.3 is 6.09 Å². The molecule has 1 amide bonds. The van der Waals surface area contributed by atoms with Crippen LogP contribution in [0, 0.1) is 0 Å². The van der Waals surface area contributed by atoms with E-state index in [4.69, 9.17) is 24.9 Å². The number of hydrogen-bond donors (Lipinski definition) is 3. The number of aromatic nitrogens is 5. The predicted molar refractivity (Wildman–Crippen MR) is 232 cm³/mol. The average Bonchev–Trinajstić information content (AvgIpc) is 3.93. The van der Waals surface area contributed by atoms with Crippen molar-refractivity contribution in [3.8, 4) is 39.8 Å². The molecule has 322 valence electrons. The van der Waals surface area contributed by atoms with Crippen LogP contribution in [0.3, 0.4) is 0 Å². The second-order valence-corrected chi connectivity index (χ2v) is 18.9. The van der Waals surface area contributed by atoms with E-state index in [9.17, 15) is 18.3 Å². The predicted octanol–water partition coefficient (Wildman–Crippen LogP) is 5.58. The van der Waals surface area contributed by atoms with Crippen LogP contribution in [-0.4, -0.2) is 91.2 Å². The minimum absolute atomic E-state index is 0.121. The van der Waals surface area contributed by atoms with E-state index >= 15 is 8.42 Å².